The highest BCUT2D eigenvalue weighted by atomic mass is 32.2. The zero-order chi connectivity index (χ0) is 24.0. The molecule has 0 radical (unpaired) electrons. The van der Waals surface area contributed by atoms with Crippen LogP contribution in [0.2, 0.25) is 0 Å². The highest BCUT2D eigenvalue weighted by molar-refractivity contribution is 7.92. The molecule has 0 aromatic heterocycles. The van der Waals surface area contributed by atoms with Gasteiger partial charge in [-0.25, -0.2) is 8.42 Å². The largest absolute Gasteiger partial charge is 0.497 e. The van der Waals surface area contributed by atoms with Crippen LogP contribution in [-0.4, -0.2) is 35.1 Å². The molecule has 8 heteroatoms. The highest BCUT2D eigenvalue weighted by Crippen LogP contribution is 2.24. The molecule has 1 amide bonds. The third-order valence-electron chi connectivity index (χ3n) is 5.20. The molecule has 0 heterocycles. The van der Waals surface area contributed by atoms with E-state index in [4.69, 9.17) is 9.47 Å². The van der Waals surface area contributed by atoms with Crippen molar-refractivity contribution in [3.63, 3.8) is 0 Å². The van der Waals surface area contributed by atoms with Crippen molar-refractivity contribution in [2.75, 3.05) is 25.5 Å². The summed E-state index contributed by atoms with van der Waals surface area (Å²) in [6.07, 6.45) is 0.569. The molecule has 174 valence electrons. The van der Waals surface area contributed by atoms with E-state index >= 15 is 0 Å². The van der Waals surface area contributed by atoms with Crippen molar-refractivity contribution in [1.29, 1.82) is 0 Å². The molecule has 33 heavy (non-hydrogen) atoms. The molecule has 0 aliphatic carbocycles. The molecule has 0 aliphatic heterocycles. The molecule has 0 saturated heterocycles. The van der Waals surface area contributed by atoms with Crippen LogP contribution in [0.15, 0.2) is 65.6 Å². The lowest BCUT2D eigenvalue weighted by Crippen LogP contribution is -2.25. The zero-order valence-electron chi connectivity index (χ0n) is 19.1. The molecular weight excluding hydrogens is 440 g/mol. The number of hydrogen-bond acceptors (Lipinski definition) is 5. The summed E-state index contributed by atoms with van der Waals surface area (Å²) in [4.78, 5) is 12.7. The van der Waals surface area contributed by atoms with Crippen LogP contribution in [0.25, 0.3) is 0 Å². The number of sulfonamides is 1. The monoisotopic (exact) mass is 468 g/mol. The van der Waals surface area contributed by atoms with Crippen LogP contribution in [0, 0.1) is 13.8 Å². The molecule has 3 rings (SSSR count). The van der Waals surface area contributed by atoms with Crippen LogP contribution in [0.3, 0.4) is 0 Å². The summed E-state index contributed by atoms with van der Waals surface area (Å²) in [5, 5.41) is 2.87. The molecule has 0 fully saturated rings. The summed E-state index contributed by atoms with van der Waals surface area (Å²) < 4.78 is 38.7. The number of carbonyl (C=O) groups is 1. The number of carbonyl (C=O) groups excluding carboxylic acids is 1. The van der Waals surface area contributed by atoms with Crippen LogP contribution in [0.1, 0.15) is 27.0 Å². The van der Waals surface area contributed by atoms with Crippen molar-refractivity contribution in [2.45, 2.75) is 25.2 Å². The van der Waals surface area contributed by atoms with Gasteiger partial charge in [-0.15, -0.1) is 0 Å². The molecule has 0 saturated carbocycles. The van der Waals surface area contributed by atoms with Gasteiger partial charge in [0.05, 0.1) is 19.1 Å². The number of amides is 1. The summed E-state index contributed by atoms with van der Waals surface area (Å²) in [5.41, 5.74) is 3.26. The Bertz CT molecular complexity index is 1240. The quantitative estimate of drug-likeness (QED) is 0.493. The van der Waals surface area contributed by atoms with E-state index in [1.807, 2.05) is 31.2 Å². The Hall–Kier alpha value is -3.52. The Morgan fingerprint density at radius 3 is 2.30 bits per heavy atom. The molecule has 0 aliphatic rings. The Morgan fingerprint density at radius 2 is 1.64 bits per heavy atom. The van der Waals surface area contributed by atoms with Crippen LogP contribution < -0.4 is 19.5 Å². The first-order chi connectivity index (χ1) is 15.7. The minimum atomic E-state index is -3.73. The number of rotatable bonds is 9. The molecule has 0 spiro atoms. The van der Waals surface area contributed by atoms with Gasteiger partial charge in [0.2, 0.25) is 0 Å². The first-order valence-corrected chi connectivity index (χ1v) is 11.9. The fraction of sp³-hybridized carbons (Fsp3) is 0.240. The molecule has 0 atom stereocenters. The van der Waals surface area contributed by atoms with E-state index in [2.05, 4.69) is 10.0 Å². The topological polar surface area (TPSA) is 93.7 Å². The zero-order valence-corrected chi connectivity index (χ0v) is 20.0. The number of methoxy groups -OCH3 is 2. The molecule has 2 N–H and O–H groups in total. The average molecular weight is 469 g/mol. The second kappa shape index (κ2) is 10.4. The Morgan fingerprint density at radius 1 is 0.909 bits per heavy atom. The lowest BCUT2D eigenvalue weighted by atomic mass is 10.1. The van der Waals surface area contributed by atoms with Crippen LogP contribution in [0.4, 0.5) is 5.69 Å². The number of aryl methyl sites for hydroxylation is 2. The van der Waals surface area contributed by atoms with Gasteiger partial charge in [-0.3, -0.25) is 9.52 Å². The van der Waals surface area contributed by atoms with E-state index < -0.39 is 10.0 Å². The van der Waals surface area contributed by atoms with Gasteiger partial charge >= 0.3 is 0 Å². The Balaban J connectivity index is 1.62. The third kappa shape index (κ3) is 6.04. The van der Waals surface area contributed by atoms with Gasteiger partial charge in [-0.2, -0.15) is 0 Å². The standard InChI is InChI=1S/C25H28N2O5S/c1-17-5-6-18(2)24(15-17)33(29,30)27-21-9-7-19(8-10-21)25(28)26-14-13-20-16-22(31-3)11-12-23(20)32-4/h5-12,15-16,27H,13-14H2,1-4H3,(H,26,28). The molecule has 0 bridgehead atoms. The first-order valence-electron chi connectivity index (χ1n) is 10.4. The van der Waals surface area contributed by atoms with E-state index in [1.54, 1.807) is 57.5 Å². The molecule has 3 aromatic rings. The van der Waals surface area contributed by atoms with Crippen LogP contribution in [-0.2, 0) is 16.4 Å². The Labute approximate surface area is 194 Å². The van der Waals surface area contributed by atoms with Crippen molar-refractivity contribution < 1.29 is 22.7 Å². The maximum absolute atomic E-state index is 12.8. The highest BCUT2D eigenvalue weighted by Gasteiger charge is 2.17. The molecule has 7 nitrogen and oxygen atoms in total. The van der Waals surface area contributed by atoms with Crippen molar-refractivity contribution in [3.05, 3.63) is 82.9 Å². The van der Waals surface area contributed by atoms with E-state index in [-0.39, 0.29) is 10.8 Å². The SMILES string of the molecule is COc1ccc(OC)c(CCNC(=O)c2ccc(NS(=O)(=O)c3cc(C)ccc3C)cc2)c1. The third-order valence-corrected chi connectivity index (χ3v) is 6.72. The second-order valence-electron chi connectivity index (χ2n) is 7.64. The van der Waals surface area contributed by atoms with Gasteiger partial charge in [0.25, 0.3) is 15.9 Å². The summed E-state index contributed by atoms with van der Waals surface area (Å²) >= 11 is 0. The first kappa shape index (κ1) is 24.1. The smallest absolute Gasteiger partial charge is 0.262 e. The van der Waals surface area contributed by atoms with Gasteiger partial charge in [0, 0.05) is 17.8 Å². The van der Waals surface area contributed by atoms with Crippen molar-refractivity contribution in [1.82, 2.24) is 5.32 Å². The number of anilines is 1. The minimum Gasteiger partial charge on any atom is -0.497 e. The lowest BCUT2D eigenvalue weighted by Gasteiger charge is -2.12. The van der Waals surface area contributed by atoms with Crippen molar-refractivity contribution >= 4 is 21.6 Å². The fourth-order valence-corrected chi connectivity index (χ4v) is 4.78. The molecule has 0 unspecified atom stereocenters. The van der Waals surface area contributed by atoms with Gasteiger partial charge in [-0.05, 0) is 85.5 Å². The maximum Gasteiger partial charge on any atom is 0.262 e. The number of ether oxygens (including phenoxy) is 2. The predicted octanol–water partition coefficient (Wildman–Crippen LogP) is 4.09. The average Bonchev–Trinajstić information content (AvgIpc) is 2.80. The second-order valence-corrected chi connectivity index (χ2v) is 9.29. The number of nitrogens with one attached hydrogen (secondary N) is 2. The summed E-state index contributed by atoms with van der Waals surface area (Å²) in [6.45, 7) is 4.00. The molecular formula is C25H28N2O5S. The summed E-state index contributed by atoms with van der Waals surface area (Å²) in [5.74, 6) is 1.20. The normalized spacial score (nSPS) is 11.0. The predicted molar refractivity (Wildman–Crippen MR) is 129 cm³/mol. The van der Waals surface area contributed by atoms with E-state index in [9.17, 15) is 13.2 Å². The van der Waals surface area contributed by atoms with Gasteiger partial charge in [0.1, 0.15) is 11.5 Å². The number of benzene rings is 3. The van der Waals surface area contributed by atoms with Gasteiger partial charge in [-0.1, -0.05) is 12.1 Å². The minimum absolute atomic E-state index is 0.234. The fourth-order valence-electron chi connectivity index (χ4n) is 3.39. The molecule has 3 aromatic carbocycles. The van der Waals surface area contributed by atoms with E-state index in [0.29, 0.717) is 29.8 Å². The van der Waals surface area contributed by atoms with E-state index in [1.165, 1.54) is 0 Å². The maximum atomic E-state index is 12.8. The lowest BCUT2D eigenvalue weighted by molar-refractivity contribution is 0.0954. The summed E-state index contributed by atoms with van der Waals surface area (Å²) in [7, 11) is -0.536. The van der Waals surface area contributed by atoms with Crippen molar-refractivity contribution in [3.8, 4) is 11.5 Å². The van der Waals surface area contributed by atoms with Gasteiger partial charge < -0.3 is 14.8 Å². The van der Waals surface area contributed by atoms with Gasteiger partial charge in [0.15, 0.2) is 0 Å². The number of hydrogen-bond donors (Lipinski definition) is 2. The van der Waals surface area contributed by atoms with Crippen LogP contribution >= 0.6 is 0 Å². The van der Waals surface area contributed by atoms with E-state index in [0.717, 1.165) is 22.6 Å². The van der Waals surface area contributed by atoms with Crippen LogP contribution in [0.5, 0.6) is 11.5 Å². The van der Waals surface area contributed by atoms with Crippen molar-refractivity contribution in [2.24, 2.45) is 0 Å². The summed E-state index contributed by atoms with van der Waals surface area (Å²) in [6, 6.07) is 17.1. The Kier molecular flexibility index (Phi) is 7.60.